The lowest BCUT2D eigenvalue weighted by Gasteiger charge is -2.41. The van der Waals surface area contributed by atoms with E-state index in [9.17, 15) is 9.18 Å². The molecule has 0 fully saturated rings. The van der Waals surface area contributed by atoms with Crippen LogP contribution in [0.3, 0.4) is 0 Å². The number of hydrogen-bond donors (Lipinski definition) is 1. The molecule has 4 rings (SSSR count). The van der Waals surface area contributed by atoms with E-state index in [4.69, 9.17) is 16.1 Å². The van der Waals surface area contributed by atoms with Gasteiger partial charge in [-0.15, -0.1) is 0 Å². The van der Waals surface area contributed by atoms with Gasteiger partial charge in [0.05, 0.1) is 10.6 Å². The van der Waals surface area contributed by atoms with E-state index in [1.807, 2.05) is 0 Å². The van der Waals surface area contributed by atoms with Crippen molar-refractivity contribution in [2.75, 3.05) is 13.1 Å². The molecule has 3 aromatic rings. The standard InChI is InChI=1S/C24H25ClFN3O2/c1-15-20(22(28-31-15)21-18(25)9-6-10-19(21)26)23(30)27-14-24(2,3)29-12-11-16-7-4-5-8-17(16)13-29/h4-10H,11-14H2,1-3H3,(H,27,30). The number of fused-ring (bicyclic) bond motifs is 1. The minimum Gasteiger partial charge on any atom is -0.360 e. The highest BCUT2D eigenvalue weighted by Gasteiger charge is 2.32. The Bertz CT molecular complexity index is 1110. The molecular weight excluding hydrogens is 417 g/mol. The second kappa shape index (κ2) is 8.44. The number of amides is 1. The maximum Gasteiger partial charge on any atom is 0.257 e. The Morgan fingerprint density at radius 2 is 1.97 bits per heavy atom. The fourth-order valence-corrected chi connectivity index (χ4v) is 4.30. The van der Waals surface area contributed by atoms with Crippen LogP contribution in [-0.2, 0) is 13.0 Å². The molecule has 0 unspecified atom stereocenters. The first kappa shape index (κ1) is 21.5. The van der Waals surface area contributed by atoms with Gasteiger partial charge in [-0.25, -0.2) is 4.39 Å². The molecule has 1 aromatic heterocycles. The SMILES string of the molecule is Cc1onc(-c2c(F)cccc2Cl)c1C(=O)NCC(C)(C)N1CCc2ccccc2C1. The molecule has 162 valence electrons. The van der Waals surface area contributed by atoms with Crippen LogP contribution in [0.25, 0.3) is 11.3 Å². The Labute approximate surface area is 186 Å². The quantitative estimate of drug-likeness (QED) is 0.604. The van der Waals surface area contributed by atoms with Gasteiger partial charge in [0.15, 0.2) is 0 Å². The molecule has 5 nitrogen and oxygen atoms in total. The number of aryl methyl sites for hydroxylation is 1. The molecule has 1 aliphatic rings. The fraction of sp³-hybridized carbons (Fsp3) is 0.333. The minimum absolute atomic E-state index is 0.0677. The second-order valence-electron chi connectivity index (χ2n) is 8.49. The number of benzene rings is 2. The molecule has 2 aromatic carbocycles. The fourth-order valence-electron chi connectivity index (χ4n) is 4.04. The highest BCUT2D eigenvalue weighted by atomic mass is 35.5. The van der Waals surface area contributed by atoms with Crippen LogP contribution < -0.4 is 5.32 Å². The van der Waals surface area contributed by atoms with Crippen molar-refractivity contribution in [2.24, 2.45) is 0 Å². The molecule has 0 aliphatic carbocycles. The number of aromatic nitrogens is 1. The molecule has 31 heavy (non-hydrogen) atoms. The van der Waals surface area contributed by atoms with E-state index in [1.165, 1.54) is 23.3 Å². The summed E-state index contributed by atoms with van der Waals surface area (Å²) in [5, 5.41) is 7.08. The summed E-state index contributed by atoms with van der Waals surface area (Å²) in [7, 11) is 0. The average Bonchev–Trinajstić information content (AvgIpc) is 3.12. The number of nitrogens with one attached hydrogen (secondary N) is 1. The number of halogens is 2. The maximum atomic E-state index is 14.4. The Kier molecular flexibility index (Phi) is 5.86. The highest BCUT2D eigenvalue weighted by Crippen LogP contribution is 2.33. The van der Waals surface area contributed by atoms with Crippen molar-refractivity contribution in [1.82, 2.24) is 15.4 Å². The molecule has 1 amide bonds. The van der Waals surface area contributed by atoms with Crippen molar-refractivity contribution in [3.63, 3.8) is 0 Å². The van der Waals surface area contributed by atoms with Crippen LogP contribution >= 0.6 is 11.6 Å². The Balaban J connectivity index is 1.52. The van der Waals surface area contributed by atoms with Gasteiger partial charge in [-0.3, -0.25) is 9.69 Å². The van der Waals surface area contributed by atoms with E-state index < -0.39 is 5.82 Å². The summed E-state index contributed by atoms with van der Waals surface area (Å²) < 4.78 is 19.6. The lowest BCUT2D eigenvalue weighted by atomic mass is 9.94. The minimum atomic E-state index is -0.554. The number of hydrogen-bond acceptors (Lipinski definition) is 4. The topological polar surface area (TPSA) is 58.4 Å². The summed E-state index contributed by atoms with van der Waals surface area (Å²) in [4.78, 5) is 15.4. The van der Waals surface area contributed by atoms with E-state index in [1.54, 1.807) is 13.0 Å². The lowest BCUT2D eigenvalue weighted by Crippen LogP contribution is -2.53. The Morgan fingerprint density at radius 3 is 2.71 bits per heavy atom. The number of carbonyl (C=O) groups is 1. The molecule has 2 heterocycles. The molecule has 0 spiro atoms. The molecule has 1 aliphatic heterocycles. The van der Waals surface area contributed by atoms with Gasteiger partial charge in [0.1, 0.15) is 22.8 Å². The van der Waals surface area contributed by atoms with Crippen molar-refractivity contribution in [1.29, 1.82) is 0 Å². The molecule has 0 atom stereocenters. The maximum absolute atomic E-state index is 14.4. The first-order valence-corrected chi connectivity index (χ1v) is 10.7. The molecule has 0 bridgehead atoms. The average molecular weight is 442 g/mol. The highest BCUT2D eigenvalue weighted by molar-refractivity contribution is 6.33. The van der Waals surface area contributed by atoms with Crippen LogP contribution in [0.4, 0.5) is 4.39 Å². The molecule has 7 heteroatoms. The van der Waals surface area contributed by atoms with Gasteiger partial charge in [-0.2, -0.15) is 0 Å². The number of rotatable bonds is 5. The summed E-state index contributed by atoms with van der Waals surface area (Å²) in [5.41, 5.74) is 2.81. The van der Waals surface area contributed by atoms with Gasteiger partial charge in [-0.05, 0) is 50.5 Å². The predicted octanol–water partition coefficient (Wildman–Crippen LogP) is 5.01. The number of carbonyl (C=O) groups excluding carboxylic acids is 1. The third-order valence-electron chi connectivity index (χ3n) is 5.96. The monoisotopic (exact) mass is 441 g/mol. The van der Waals surface area contributed by atoms with Crippen molar-refractivity contribution in [3.8, 4) is 11.3 Å². The molecule has 1 N–H and O–H groups in total. The van der Waals surface area contributed by atoms with Gasteiger partial charge in [0.25, 0.3) is 5.91 Å². The van der Waals surface area contributed by atoms with Crippen molar-refractivity contribution in [2.45, 2.75) is 39.3 Å². The van der Waals surface area contributed by atoms with Gasteiger partial charge in [-0.1, -0.05) is 47.1 Å². The van der Waals surface area contributed by atoms with Crippen LogP contribution in [0.1, 0.15) is 41.1 Å². The van der Waals surface area contributed by atoms with E-state index in [0.29, 0.717) is 12.3 Å². The van der Waals surface area contributed by atoms with E-state index in [2.05, 4.69) is 53.5 Å². The zero-order valence-electron chi connectivity index (χ0n) is 17.8. The zero-order valence-corrected chi connectivity index (χ0v) is 18.6. The van der Waals surface area contributed by atoms with Crippen molar-refractivity contribution >= 4 is 17.5 Å². The predicted molar refractivity (Wildman–Crippen MR) is 119 cm³/mol. The lowest BCUT2D eigenvalue weighted by molar-refractivity contribution is 0.0825. The second-order valence-corrected chi connectivity index (χ2v) is 8.90. The smallest absolute Gasteiger partial charge is 0.257 e. The van der Waals surface area contributed by atoms with Gasteiger partial charge in [0, 0.05) is 25.2 Å². The van der Waals surface area contributed by atoms with Crippen LogP contribution in [0.2, 0.25) is 5.02 Å². The van der Waals surface area contributed by atoms with E-state index in [-0.39, 0.29) is 33.3 Å². The van der Waals surface area contributed by atoms with Crippen LogP contribution in [0.5, 0.6) is 0 Å². The third kappa shape index (κ3) is 4.23. The van der Waals surface area contributed by atoms with Crippen molar-refractivity contribution < 1.29 is 13.7 Å². The van der Waals surface area contributed by atoms with Crippen LogP contribution in [0.15, 0.2) is 47.0 Å². The van der Waals surface area contributed by atoms with Crippen molar-refractivity contribution in [3.05, 3.63) is 75.8 Å². The number of nitrogens with zero attached hydrogens (tertiary/aromatic N) is 2. The largest absolute Gasteiger partial charge is 0.360 e. The van der Waals surface area contributed by atoms with Crippen LogP contribution in [-0.4, -0.2) is 34.6 Å². The summed E-state index contributed by atoms with van der Waals surface area (Å²) in [6, 6.07) is 12.8. The zero-order chi connectivity index (χ0) is 22.2. The van der Waals surface area contributed by atoms with Gasteiger partial charge < -0.3 is 9.84 Å². The molecule has 0 saturated carbocycles. The van der Waals surface area contributed by atoms with E-state index in [0.717, 1.165) is 19.5 Å². The first-order chi connectivity index (χ1) is 14.8. The van der Waals surface area contributed by atoms with Gasteiger partial charge in [0.2, 0.25) is 0 Å². The van der Waals surface area contributed by atoms with Crippen LogP contribution in [0, 0.1) is 12.7 Å². The summed E-state index contributed by atoms with van der Waals surface area (Å²) in [6.07, 6.45) is 0.980. The summed E-state index contributed by atoms with van der Waals surface area (Å²) >= 11 is 6.18. The Hall–Kier alpha value is -2.70. The molecule has 0 saturated heterocycles. The first-order valence-electron chi connectivity index (χ1n) is 10.3. The third-order valence-corrected chi connectivity index (χ3v) is 6.27. The molecular formula is C24H25ClFN3O2. The summed E-state index contributed by atoms with van der Waals surface area (Å²) in [6.45, 7) is 8.02. The van der Waals surface area contributed by atoms with Gasteiger partial charge >= 0.3 is 0 Å². The van der Waals surface area contributed by atoms with E-state index >= 15 is 0 Å². The molecule has 0 radical (unpaired) electrons. The normalized spacial score (nSPS) is 14.4. The summed E-state index contributed by atoms with van der Waals surface area (Å²) in [5.74, 6) is -0.600. The Morgan fingerprint density at radius 1 is 1.23 bits per heavy atom.